The summed E-state index contributed by atoms with van der Waals surface area (Å²) in [5.74, 6) is 0.0180. The molecule has 0 spiro atoms. The highest BCUT2D eigenvalue weighted by Gasteiger charge is 2.44. The number of carbonyl (C=O) groups is 1. The van der Waals surface area contributed by atoms with Gasteiger partial charge in [-0.25, -0.2) is 4.39 Å². The number of benzene rings is 1. The maximum Gasteiger partial charge on any atom is 0.227 e. The van der Waals surface area contributed by atoms with Crippen molar-refractivity contribution in [2.24, 2.45) is 0 Å². The third-order valence-electron chi connectivity index (χ3n) is 4.74. The standard InChI is InChI=1S/C17H22FNO4/c1-21-15-10-12(18)4-3-11(15)9-16(20)19-7-8-23-14-6-5-13(19)17(14)22-2/h3-4,10,13-14,17H,5-9H2,1-2H3/t13-,14-,17+/m0/s1. The number of rotatable bonds is 4. The van der Waals surface area contributed by atoms with Gasteiger partial charge in [0.25, 0.3) is 0 Å². The largest absolute Gasteiger partial charge is 0.496 e. The Hall–Kier alpha value is -1.66. The molecule has 2 fully saturated rings. The van der Waals surface area contributed by atoms with Crippen molar-refractivity contribution >= 4 is 5.91 Å². The minimum atomic E-state index is -0.376. The van der Waals surface area contributed by atoms with Crippen LogP contribution in [-0.4, -0.2) is 56.4 Å². The lowest BCUT2D eigenvalue weighted by molar-refractivity contribution is -0.134. The van der Waals surface area contributed by atoms with Gasteiger partial charge in [-0.1, -0.05) is 6.07 Å². The third kappa shape index (κ3) is 3.19. The molecule has 0 unspecified atom stereocenters. The van der Waals surface area contributed by atoms with Gasteiger partial charge in [-0.3, -0.25) is 4.79 Å². The maximum absolute atomic E-state index is 13.3. The van der Waals surface area contributed by atoms with Crippen LogP contribution in [0.3, 0.4) is 0 Å². The van der Waals surface area contributed by atoms with E-state index in [0.29, 0.717) is 24.5 Å². The molecule has 1 aromatic rings. The highest BCUT2D eigenvalue weighted by atomic mass is 19.1. The molecule has 1 amide bonds. The number of methoxy groups -OCH3 is 2. The second kappa shape index (κ2) is 6.84. The van der Waals surface area contributed by atoms with Crippen molar-refractivity contribution in [2.45, 2.75) is 37.5 Å². The van der Waals surface area contributed by atoms with Crippen LogP contribution in [0.15, 0.2) is 18.2 Å². The number of halogens is 1. The van der Waals surface area contributed by atoms with Gasteiger partial charge in [-0.2, -0.15) is 0 Å². The molecule has 1 aromatic carbocycles. The summed E-state index contributed by atoms with van der Waals surface area (Å²) >= 11 is 0. The topological polar surface area (TPSA) is 48.0 Å². The number of hydrogen-bond acceptors (Lipinski definition) is 4. The Labute approximate surface area is 135 Å². The van der Waals surface area contributed by atoms with E-state index in [1.165, 1.54) is 19.2 Å². The molecule has 3 atom stereocenters. The number of ether oxygens (including phenoxy) is 3. The Morgan fingerprint density at radius 3 is 2.96 bits per heavy atom. The number of carbonyl (C=O) groups excluding carboxylic acids is 1. The molecule has 0 radical (unpaired) electrons. The fourth-order valence-corrected chi connectivity index (χ4v) is 3.64. The minimum Gasteiger partial charge on any atom is -0.496 e. The van der Waals surface area contributed by atoms with Gasteiger partial charge in [0, 0.05) is 25.3 Å². The van der Waals surface area contributed by atoms with E-state index in [0.717, 1.165) is 12.8 Å². The first-order chi connectivity index (χ1) is 11.1. The van der Waals surface area contributed by atoms with Gasteiger partial charge < -0.3 is 19.1 Å². The lowest BCUT2D eigenvalue weighted by atomic mass is 10.1. The Morgan fingerprint density at radius 2 is 2.22 bits per heavy atom. The molecule has 0 N–H and O–H groups in total. The van der Waals surface area contributed by atoms with Crippen molar-refractivity contribution < 1.29 is 23.4 Å². The molecule has 1 aliphatic carbocycles. The fourth-order valence-electron chi connectivity index (χ4n) is 3.64. The van der Waals surface area contributed by atoms with Crippen molar-refractivity contribution in [1.29, 1.82) is 0 Å². The van der Waals surface area contributed by atoms with E-state index in [4.69, 9.17) is 14.2 Å². The first kappa shape index (κ1) is 16.2. The van der Waals surface area contributed by atoms with E-state index in [1.807, 2.05) is 4.90 Å². The van der Waals surface area contributed by atoms with Crippen LogP contribution in [0.1, 0.15) is 18.4 Å². The van der Waals surface area contributed by atoms with E-state index in [9.17, 15) is 9.18 Å². The molecule has 23 heavy (non-hydrogen) atoms. The van der Waals surface area contributed by atoms with Crippen molar-refractivity contribution in [3.63, 3.8) is 0 Å². The van der Waals surface area contributed by atoms with Gasteiger partial charge in [0.05, 0.1) is 32.3 Å². The predicted molar refractivity (Wildman–Crippen MR) is 81.9 cm³/mol. The number of hydrogen-bond donors (Lipinski definition) is 0. The SMILES string of the molecule is COc1cc(F)ccc1CC(=O)N1CCO[C@H]2CC[C@H]1[C@H]2OC. The van der Waals surface area contributed by atoms with Crippen LogP contribution in [-0.2, 0) is 20.7 Å². The van der Waals surface area contributed by atoms with Gasteiger partial charge in [-0.15, -0.1) is 0 Å². The number of fused-ring (bicyclic) bond motifs is 2. The van der Waals surface area contributed by atoms with Crippen LogP contribution in [0.25, 0.3) is 0 Å². The molecule has 126 valence electrons. The molecular formula is C17H22FNO4. The second-order valence-corrected chi connectivity index (χ2v) is 5.97. The molecule has 1 saturated carbocycles. The molecule has 6 heteroatoms. The lowest BCUT2D eigenvalue weighted by Crippen LogP contribution is -2.46. The van der Waals surface area contributed by atoms with Crippen LogP contribution in [0.5, 0.6) is 5.75 Å². The summed E-state index contributed by atoms with van der Waals surface area (Å²) in [5, 5.41) is 0. The molecule has 2 bridgehead atoms. The molecular weight excluding hydrogens is 301 g/mol. The summed E-state index contributed by atoms with van der Waals surface area (Å²) in [5.41, 5.74) is 0.688. The zero-order chi connectivity index (χ0) is 16.4. The normalized spacial score (nSPS) is 26.9. The number of amides is 1. The summed E-state index contributed by atoms with van der Waals surface area (Å²) in [6.45, 7) is 1.08. The van der Waals surface area contributed by atoms with Crippen LogP contribution >= 0.6 is 0 Å². The maximum atomic E-state index is 13.3. The zero-order valence-electron chi connectivity index (χ0n) is 13.5. The van der Waals surface area contributed by atoms with Crippen LogP contribution in [0.4, 0.5) is 4.39 Å². The van der Waals surface area contributed by atoms with E-state index < -0.39 is 0 Å². The smallest absolute Gasteiger partial charge is 0.227 e. The van der Waals surface area contributed by atoms with E-state index in [1.54, 1.807) is 13.2 Å². The van der Waals surface area contributed by atoms with E-state index >= 15 is 0 Å². The highest BCUT2D eigenvalue weighted by molar-refractivity contribution is 5.80. The van der Waals surface area contributed by atoms with Crippen molar-refractivity contribution in [3.05, 3.63) is 29.6 Å². The highest BCUT2D eigenvalue weighted by Crippen LogP contribution is 2.32. The molecule has 0 aromatic heterocycles. The Bertz CT molecular complexity index is 580. The Balaban J connectivity index is 1.77. The average Bonchev–Trinajstić information content (AvgIpc) is 2.84. The number of nitrogens with zero attached hydrogens (tertiary/aromatic N) is 1. The van der Waals surface area contributed by atoms with Crippen molar-refractivity contribution in [2.75, 3.05) is 27.4 Å². The second-order valence-electron chi connectivity index (χ2n) is 5.97. The summed E-state index contributed by atoms with van der Waals surface area (Å²) < 4.78 is 29.8. The van der Waals surface area contributed by atoms with Crippen LogP contribution in [0, 0.1) is 5.82 Å². The van der Waals surface area contributed by atoms with Gasteiger partial charge in [0.15, 0.2) is 0 Å². The van der Waals surface area contributed by atoms with Gasteiger partial charge >= 0.3 is 0 Å². The molecule has 2 aliphatic rings. The molecule has 3 rings (SSSR count). The fraction of sp³-hybridized carbons (Fsp3) is 0.588. The molecule has 5 nitrogen and oxygen atoms in total. The van der Waals surface area contributed by atoms with Crippen molar-refractivity contribution in [1.82, 2.24) is 4.90 Å². The summed E-state index contributed by atoms with van der Waals surface area (Å²) in [6, 6.07) is 4.30. The molecule has 1 saturated heterocycles. The third-order valence-corrected chi connectivity index (χ3v) is 4.74. The van der Waals surface area contributed by atoms with Gasteiger partial charge in [0.1, 0.15) is 17.7 Å². The van der Waals surface area contributed by atoms with E-state index in [-0.39, 0.29) is 36.4 Å². The predicted octanol–water partition coefficient (Wildman–Crippen LogP) is 1.78. The van der Waals surface area contributed by atoms with Gasteiger partial charge in [-0.05, 0) is 18.9 Å². The first-order valence-corrected chi connectivity index (χ1v) is 7.90. The monoisotopic (exact) mass is 323 g/mol. The quantitative estimate of drug-likeness (QED) is 0.847. The summed E-state index contributed by atoms with van der Waals surface area (Å²) in [6.07, 6.45) is 1.98. The van der Waals surface area contributed by atoms with E-state index in [2.05, 4.69) is 0 Å². The Morgan fingerprint density at radius 1 is 1.39 bits per heavy atom. The summed E-state index contributed by atoms with van der Waals surface area (Å²) in [4.78, 5) is 14.6. The minimum absolute atomic E-state index is 0.00638. The summed E-state index contributed by atoms with van der Waals surface area (Å²) in [7, 11) is 3.14. The molecule has 1 heterocycles. The van der Waals surface area contributed by atoms with Crippen LogP contribution < -0.4 is 4.74 Å². The zero-order valence-corrected chi connectivity index (χ0v) is 13.5. The first-order valence-electron chi connectivity index (χ1n) is 7.90. The van der Waals surface area contributed by atoms with Gasteiger partial charge in [0.2, 0.25) is 5.91 Å². The lowest BCUT2D eigenvalue weighted by Gasteiger charge is -2.30. The molecule has 1 aliphatic heterocycles. The Kier molecular flexibility index (Phi) is 4.82. The average molecular weight is 323 g/mol. The van der Waals surface area contributed by atoms with Crippen LogP contribution in [0.2, 0.25) is 0 Å². The van der Waals surface area contributed by atoms with Crippen molar-refractivity contribution in [3.8, 4) is 5.75 Å².